The van der Waals surface area contributed by atoms with Gasteiger partial charge in [0.1, 0.15) is 0 Å². The first-order chi connectivity index (χ1) is 5.24. The SMILES string of the molecule is C[CH]C(=O)NC(CC)CCC. The van der Waals surface area contributed by atoms with Crippen LogP contribution in [0.3, 0.4) is 0 Å². The average molecular weight is 156 g/mol. The van der Waals surface area contributed by atoms with E-state index in [2.05, 4.69) is 19.2 Å². The first kappa shape index (κ1) is 10.5. The second kappa shape index (κ2) is 6.20. The van der Waals surface area contributed by atoms with Crippen LogP contribution in [-0.2, 0) is 4.79 Å². The maximum absolute atomic E-state index is 10.9. The summed E-state index contributed by atoms with van der Waals surface area (Å²) in [5.41, 5.74) is 0. The lowest BCUT2D eigenvalue weighted by atomic mass is 10.1. The van der Waals surface area contributed by atoms with Crippen LogP contribution in [0.2, 0.25) is 0 Å². The quantitative estimate of drug-likeness (QED) is 0.647. The van der Waals surface area contributed by atoms with Gasteiger partial charge in [0, 0.05) is 12.5 Å². The Morgan fingerprint density at radius 2 is 2.18 bits per heavy atom. The van der Waals surface area contributed by atoms with Crippen LogP contribution in [0.4, 0.5) is 0 Å². The summed E-state index contributed by atoms with van der Waals surface area (Å²) >= 11 is 0. The van der Waals surface area contributed by atoms with Gasteiger partial charge in [0.15, 0.2) is 0 Å². The fraction of sp³-hybridized carbons (Fsp3) is 0.778. The summed E-state index contributed by atoms with van der Waals surface area (Å²) in [6.07, 6.45) is 4.80. The van der Waals surface area contributed by atoms with Crippen LogP contribution >= 0.6 is 0 Å². The van der Waals surface area contributed by atoms with Crippen molar-refractivity contribution in [2.45, 2.75) is 46.1 Å². The molecule has 1 atom stereocenters. The number of hydrogen-bond donors (Lipinski definition) is 1. The molecule has 1 N–H and O–H groups in total. The molecular formula is C9H18NO. The molecule has 2 heteroatoms. The summed E-state index contributed by atoms with van der Waals surface area (Å²) in [5.74, 6) is 0.0466. The molecule has 0 aliphatic heterocycles. The molecule has 0 aromatic heterocycles. The smallest absolute Gasteiger partial charge is 0.223 e. The Labute approximate surface area is 69.4 Å². The number of nitrogens with one attached hydrogen (secondary N) is 1. The van der Waals surface area contributed by atoms with Crippen LogP contribution in [0, 0.1) is 6.42 Å². The summed E-state index contributed by atoms with van der Waals surface area (Å²) in [6, 6.07) is 0.365. The van der Waals surface area contributed by atoms with Gasteiger partial charge in [-0.2, -0.15) is 0 Å². The Morgan fingerprint density at radius 3 is 2.55 bits per heavy atom. The van der Waals surface area contributed by atoms with Gasteiger partial charge in [0.25, 0.3) is 0 Å². The number of hydrogen-bond acceptors (Lipinski definition) is 1. The maximum atomic E-state index is 10.9. The van der Waals surface area contributed by atoms with Gasteiger partial charge in [-0.1, -0.05) is 27.2 Å². The van der Waals surface area contributed by atoms with Crippen molar-refractivity contribution >= 4 is 5.91 Å². The summed E-state index contributed by atoms with van der Waals surface area (Å²) < 4.78 is 0. The Bertz CT molecular complexity index is 112. The Morgan fingerprint density at radius 1 is 1.55 bits per heavy atom. The minimum atomic E-state index is 0.0466. The summed E-state index contributed by atoms with van der Waals surface area (Å²) in [5, 5.41) is 2.92. The third kappa shape index (κ3) is 4.82. The van der Waals surface area contributed by atoms with E-state index in [4.69, 9.17) is 0 Å². The minimum absolute atomic E-state index is 0.0466. The molecule has 0 saturated carbocycles. The zero-order valence-corrected chi connectivity index (χ0v) is 7.68. The van der Waals surface area contributed by atoms with Crippen molar-refractivity contribution in [1.29, 1.82) is 0 Å². The van der Waals surface area contributed by atoms with Gasteiger partial charge in [-0.15, -0.1) is 0 Å². The normalized spacial score (nSPS) is 12.6. The number of carbonyl (C=O) groups is 1. The van der Waals surface area contributed by atoms with Crippen LogP contribution in [0.5, 0.6) is 0 Å². The van der Waals surface area contributed by atoms with Crippen molar-refractivity contribution < 1.29 is 4.79 Å². The maximum Gasteiger partial charge on any atom is 0.223 e. The van der Waals surface area contributed by atoms with E-state index >= 15 is 0 Å². The van der Waals surface area contributed by atoms with E-state index in [0.717, 1.165) is 19.3 Å². The van der Waals surface area contributed by atoms with E-state index in [1.807, 2.05) is 0 Å². The Balaban J connectivity index is 3.58. The molecule has 0 bridgehead atoms. The lowest BCUT2D eigenvalue weighted by Gasteiger charge is -2.14. The van der Waals surface area contributed by atoms with E-state index < -0.39 is 0 Å². The lowest BCUT2D eigenvalue weighted by Crippen LogP contribution is -2.33. The van der Waals surface area contributed by atoms with Crippen LogP contribution in [0.15, 0.2) is 0 Å². The van der Waals surface area contributed by atoms with Crippen LogP contribution in [0.1, 0.15) is 40.0 Å². The van der Waals surface area contributed by atoms with E-state index in [1.165, 1.54) is 0 Å². The molecule has 0 rings (SSSR count). The molecule has 0 aromatic rings. The molecule has 0 aliphatic carbocycles. The molecule has 0 spiro atoms. The van der Waals surface area contributed by atoms with Gasteiger partial charge < -0.3 is 5.32 Å². The van der Waals surface area contributed by atoms with E-state index in [9.17, 15) is 4.79 Å². The topological polar surface area (TPSA) is 29.1 Å². The van der Waals surface area contributed by atoms with Gasteiger partial charge in [0.2, 0.25) is 5.91 Å². The molecule has 1 amide bonds. The average Bonchev–Trinajstić information content (AvgIpc) is 2.03. The molecule has 65 valence electrons. The number of rotatable bonds is 5. The highest BCUT2D eigenvalue weighted by atomic mass is 16.1. The third-order valence-electron chi connectivity index (χ3n) is 1.74. The molecule has 11 heavy (non-hydrogen) atoms. The lowest BCUT2D eigenvalue weighted by molar-refractivity contribution is -0.118. The van der Waals surface area contributed by atoms with Crippen molar-refractivity contribution in [2.75, 3.05) is 0 Å². The van der Waals surface area contributed by atoms with Gasteiger partial charge in [-0.25, -0.2) is 0 Å². The van der Waals surface area contributed by atoms with E-state index in [-0.39, 0.29) is 5.91 Å². The summed E-state index contributed by atoms with van der Waals surface area (Å²) in [6.45, 7) is 5.98. The van der Waals surface area contributed by atoms with Crippen LogP contribution in [0.25, 0.3) is 0 Å². The molecule has 1 radical (unpaired) electrons. The van der Waals surface area contributed by atoms with Gasteiger partial charge in [-0.3, -0.25) is 4.79 Å². The first-order valence-corrected chi connectivity index (χ1v) is 4.34. The second-order valence-corrected chi connectivity index (χ2v) is 2.69. The zero-order valence-electron chi connectivity index (χ0n) is 7.68. The van der Waals surface area contributed by atoms with Crippen molar-refractivity contribution in [3.63, 3.8) is 0 Å². The first-order valence-electron chi connectivity index (χ1n) is 4.34. The van der Waals surface area contributed by atoms with E-state index in [0.29, 0.717) is 6.04 Å². The van der Waals surface area contributed by atoms with Crippen LogP contribution in [-0.4, -0.2) is 11.9 Å². The predicted octanol–water partition coefficient (Wildman–Crippen LogP) is 1.91. The number of amides is 1. The zero-order chi connectivity index (χ0) is 8.69. The highest BCUT2D eigenvalue weighted by Crippen LogP contribution is 2.00. The third-order valence-corrected chi connectivity index (χ3v) is 1.74. The molecule has 1 unspecified atom stereocenters. The highest BCUT2D eigenvalue weighted by Gasteiger charge is 2.06. The molecule has 0 fully saturated rings. The molecule has 0 saturated heterocycles. The van der Waals surface area contributed by atoms with E-state index in [1.54, 1.807) is 13.3 Å². The standard InChI is InChI=1S/C9H18NO/c1-4-7-8(5-2)10-9(11)6-3/h6,8H,4-5,7H2,1-3H3,(H,10,11). The largest absolute Gasteiger partial charge is 0.353 e. The molecule has 0 heterocycles. The number of carbonyl (C=O) groups excluding carboxylic acids is 1. The van der Waals surface area contributed by atoms with Crippen molar-refractivity contribution in [1.82, 2.24) is 5.32 Å². The Kier molecular flexibility index (Phi) is 5.90. The van der Waals surface area contributed by atoms with Crippen molar-refractivity contribution in [3.8, 4) is 0 Å². The monoisotopic (exact) mass is 156 g/mol. The van der Waals surface area contributed by atoms with Gasteiger partial charge in [-0.05, 0) is 12.8 Å². The fourth-order valence-corrected chi connectivity index (χ4v) is 1.01. The van der Waals surface area contributed by atoms with Crippen molar-refractivity contribution in [3.05, 3.63) is 6.42 Å². The molecule has 0 aliphatic rings. The molecule has 0 aromatic carbocycles. The summed E-state index contributed by atoms with van der Waals surface area (Å²) in [4.78, 5) is 10.9. The predicted molar refractivity (Wildman–Crippen MR) is 47.1 cm³/mol. The molecule has 2 nitrogen and oxygen atoms in total. The second-order valence-electron chi connectivity index (χ2n) is 2.69. The Hall–Kier alpha value is -0.530. The summed E-state index contributed by atoms with van der Waals surface area (Å²) in [7, 11) is 0. The minimum Gasteiger partial charge on any atom is -0.353 e. The van der Waals surface area contributed by atoms with Gasteiger partial charge >= 0.3 is 0 Å². The van der Waals surface area contributed by atoms with Crippen LogP contribution < -0.4 is 5.32 Å². The fourth-order valence-electron chi connectivity index (χ4n) is 1.01. The van der Waals surface area contributed by atoms with Crippen molar-refractivity contribution in [2.24, 2.45) is 0 Å². The highest BCUT2D eigenvalue weighted by molar-refractivity contribution is 5.84. The molecular weight excluding hydrogens is 138 g/mol. The van der Waals surface area contributed by atoms with Gasteiger partial charge in [0.05, 0.1) is 0 Å².